The predicted molar refractivity (Wildman–Crippen MR) is 318 cm³/mol. The van der Waals surface area contributed by atoms with E-state index >= 15 is 28.8 Å². The number of likely N-dealkylation sites (N-methyl/N-ethyl adjacent to an activating group) is 1. The number of carbonyl (C=O) groups is 7. The van der Waals surface area contributed by atoms with Gasteiger partial charge in [0.1, 0.15) is 48.4 Å². The third kappa shape index (κ3) is 15.8. The number of hydrogen-bond acceptors (Lipinski definition) is 12. The van der Waals surface area contributed by atoms with Crippen molar-refractivity contribution in [1.82, 2.24) is 41.4 Å². The summed E-state index contributed by atoms with van der Waals surface area (Å²) in [5.41, 5.74) is 10.4. The minimum atomic E-state index is -1.30. The number of hydrogen-bond donors (Lipinski definition) is 7. The zero-order chi connectivity index (χ0) is 59.0. The van der Waals surface area contributed by atoms with Crippen LogP contribution in [0.4, 0.5) is 4.79 Å². The Bertz CT molecular complexity index is 3190. The first-order chi connectivity index (χ1) is 40.8. The molecule has 442 valence electrons. The number of aryl methyl sites for hydroxylation is 1. The van der Waals surface area contributed by atoms with E-state index in [2.05, 4.69) is 31.6 Å². The molecule has 19 heteroatoms. The number of aromatic nitrogens is 1. The molecular formula is C65H77N9O10. The molecule has 6 amide bonds. The first kappa shape index (κ1) is 60.1. The Kier molecular flexibility index (Phi) is 20.8. The standard InChI is InChI=1S/C65H77N9O10/c1-73-56(35-43-15-8-4-9-16-43)64(80)74-40-50(84-65(81)68-32-29-66)38-55(74)62(78)70-52(26-23-42-13-6-3-7-14-42)61(77)71-53(36-48-39-69-51-19-12-20-58(82-2)59(48)51)57(75)37-47(33-45-27-30-67-31-28-45)60(76)72-54(63(73)79)34-44-21-24-49(25-22-44)83-41-46-17-10-5-11-18-46/h3-22,24-25,39,45,47,50,52-56,67,69H,23,26-38,40-41,66H2,1-2H3,(H,68,81)(H,70,78)(H,71,77)(H,72,76)/t47-,50-,52+,53-,54+,55+,56+/m1/s1. The molecule has 8 N–H and O–H groups in total. The van der Waals surface area contributed by atoms with Crippen molar-refractivity contribution < 1.29 is 47.8 Å². The maximum absolute atomic E-state index is 15.7. The van der Waals surface area contributed by atoms with Crippen LogP contribution in [0.3, 0.4) is 0 Å². The van der Waals surface area contributed by atoms with Gasteiger partial charge < -0.3 is 61.3 Å². The number of methoxy groups -OCH3 is 1. The highest BCUT2D eigenvalue weighted by Crippen LogP contribution is 2.32. The second-order valence-electron chi connectivity index (χ2n) is 22.2. The number of alkyl carbamates (subject to hydrolysis) is 1. The molecule has 3 aliphatic heterocycles. The molecule has 4 heterocycles. The number of ketones is 1. The van der Waals surface area contributed by atoms with Gasteiger partial charge in [0.2, 0.25) is 29.5 Å². The fourth-order valence-electron chi connectivity index (χ4n) is 11.7. The zero-order valence-corrected chi connectivity index (χ0v) is 47.8. The average molecular weight is 1140 g/mol. The van der Waals surface area contributed by atoms with Crippen molar-refractivity contribution in [3.8, 4) is 11.5 Å². The van der Waals surface area contributed by atoms with E-state index < -0.39 is 83.6 Å². The van der Waals surface area contributed by atoms with Crippen LogP contribution in [0.25, 0.3) is 10.9 Å². The molecule has 5 aromatic carbocycles. The van der Waals surface area contributed by atoms with Crippen LogP contribution in [0, 0.1) is 11.8 Å². The van der Waals surface area contributed by atoms with Crippen LogP contribution in [-0.4, -0.2) is 139 Å². The minimum absolute atomic E-state index is 0.00200. The van der Waals surface area contributed by atoms with E-state index in [0.29, 0.717) is 53.0 Å². The van der Waals surface area contributed by atoms with E-state index in [0.717, 1.165) is 42.6 Å². The van der Waals surface area contributed by atoms with Crippen LogP contribution in [-0.2, 0) is 65.8 Å². The third-order valence-corrected chi connectivity index (χ3v) is 16.3. The fraction of sp³-hybridized carbons (Fsp3) is 0.400. The van der Waals surface area contributed by atoms with Crippen molar-refractivity contribution in [2.75, 3.05) is 46.9 Å². The molecule has 0 saturated carbocycles. The number of nitrogens with two attached hydrogens (primary N) is 1. The molecule has 3 saturated heterocycles. The van der Waals surface area contributed by atoms with Gasteiger partial charge in [0, 0.05) is 75.3 Å². The van der Waals surface area contributed by atoms with Gasteiger partial charge in [0.15, 0.2) is 5.78 Å². The molecule has 0 aliphatic carbocycles. The molecule has 7 atom stereocenters. The molecule has 0 spiro atoms. The lowest BCUT2D eigenvalue weighted by Crippen LogP contribution is -2.60. The number of fused-ring (bicyclic) bond motifs is 2. The second-order valence-corrected chi connectivity index (χ2v) is 22.2. The topological polar surface area (TPSA) is 256 Å². The van der Waals surface area contributed by atoms with Crippen molar-refractivity contribution in [2.24, 2.45) is 17.6 Å². The highest BCUT2D eigenvalue weighted by molar-refractivity contribution is 5.99. The molecule has 0 bridgehead atoms. The normalized spacial score (nSPS) is 22.3. The Balaban J connectivity index is 1.13. The van der Waals surface area contributed by atoms with Crippen LogP contribution < -0.4 is 41.8 Å². The summed E-state index contributed by atoms with van der Waals surface area (Å²) in [7, 11) is 3.06. The molecule has 84 heavy (non-hydrogen) atoms. The number of nitrogens with one attached hydrogen (secondary N) is 6. The maximum atomic E-state index is 15.7. The summed E-state index contributed by atoms with van der Waals surface area (Å²) in [6.07, 6.45) is 1.77. The van der Waals surface area contributed by atoms with E-state index in [1.807, 2.05) is 121 Å². The van der Waals surface area contributed by atoms with E-state index in [1.54, 1.807) is 25.4 Å². The third-order valence-electron chi connectivity index (χ3n) is 16.3. The Labute approximate surface area is 490 Å². The molecule has 1 aromatic heterocycles. The van der Waals surface area contributed by atoms with Gasteiger partial charge in [0.25, 0.3) is 0 Å². The van der Waals surface area contributed by atoms with Crippen molar-refractivity contribution >= 4 is 52.3 Å². The van der Waals surface area contributed by atoms with E-state index in [9.17, 15) is 4.79 Å². The number of H-pyrrole nitrogens is 1. The molecule has 6 aromatic rings. The Morgan fingerprint density at radius 1 is 0.690 bits per heavy atom. The summed E-state index contributed by atoms with van der Waals surface area (Å²) < 4.78 is 17.7. The highest BCUT2D eigenvalue weighted by atomic mass is 16.6. The van der Waals surface area contributed by atoms with Gasteiger partial charge in [-0.2, -0.15) is 0 Å². The number of aromatic amines is 1. The lowest BCUT2D eigenvalue weighted by Gasteiger charge is -2.36. The number of rotatable bonds is 18. The summed E-state index contributed by atoms with van der Waals surface area (Å²) in [5.74, 6) is -3.28. The van der Waals surface area contributed by atoms with Crippen molar-refractivity contribution in [3.63, 3.8) is 0 Å². The number of amides is 6. The SMILES string of the molecule is COc1cccc2[nH]cc(C[C@H]3NC(=O)[C@H](CCc4ccccc4)NC(=O)[C@@H]4C[C@@H](OC(=O)NCCN)CN4C(=O)[C@H](Cc4ccccc4)N(C)C(=O)[C@H](Cc4ccc(OCc5ccccc5)cc4)NC(=O)[C@H](CC4CCNCC4)CC3=O)c12. The van der Waals surface area contributed by atoms with Crippen molar-refractivity contribution in [2.45, 2.75) is 107 Å². The van der Waals surface area contributed by atoms with Gasteiger partial charge in [0.05, 0.1) is 19.7 Å². The highest BCUT2D eigenvalue weighted by Gasteiger charge is 2.46. The molecule has 0 unspecified atom stereocenters. The van der Waals surface area contributed by atoms with Crippen LogP contribution >= 0.6 is 0 Å². The first-order valence-corrected chi connectivity index (χ1v) is 29.2. The smallest absolute Gasteiger partial charge is 0.407 e. The second kappa shape index (κ2) is 29.1. The maximum Gasteiger partial charge on any atom is 0.407 e. The number of piperidine rings is 1. The monoisotopic (exact) mass is 1140 g/mol. The van der Waals surface area contributed by atoms with Gasteiger partial charge in [-0.3, -0.25) is 28.8 Å². The van der Waals surface area contributed by atoms with Crippen LogP contribution in [0.5, 0.6) is 11.5 Å². The van der Waals surface area contributed by atoms with Crippen LogP contribution in [0.15, 0.2) is 140 Å². The average Bonchev–Trinajstić information content (AvgIpc) is 3.87. The van der Waals surface area contributed by atoms with Crippen molar-refractivity contribution in [3.05, 3.63) is 167 Å². The summed E-state index contributed by atoms with van der Waals surface area (Å²) in [5, 5.41) is 15.8. The molecule has 0 radical (unpaired) electrons. The number of carbonyl (C=O) groups excluding carboxylic acids is 7. The van der Waals surface area contributed by atoms with Crippen molar-refractivity contribution in [1.29, 1.82) is 0 Å². The number of benzene rings is 5. The number of ether oxygens (including phenoxy) is 3. The largest absolute Gasteiger partial charge is 0.496 e. The molecular weight excluding hydrogens is 1070 g/mol. The predicted octanol–water partition coefficient (Wildman–Crippen LogP) is 5.33. The quantitative estimate of drug-likeness (QED) is 0.0577. The molecule has 9 rings (SSSR count). The minimum Gasteiger partial charge on any atom is -0.496 e. The van der Waals surface area contributed by atoms with Crippen LogP contribution in [0.1, 0.15) is 66.3 Å². The number of Topliss-reactive ketones (excluding diaryl/α,β-unsaturated/α-hetero) is 1. The lowest BCUT2D eigenvalue weighted by molar-refractivity contribution is -0.149. The van der Waals surface area contributed by atoms with Gasteiger partial charge >= 0.3 is 6.09 Å². The zero-order valence-electron chi connectivity index (χ0n) is 47.8. The summed E-state index contributed by atoms with van der Waals surface area (Å²) >= 11 is 0. The van der Waals surface area contributed by atoms with Gasteiger partial charge in [-0.05, 0) is 103 Å². The summed E-state index contributed by atoms with van der Waals surface area (Å²) in [4.78, 5) is 112. The summed E-state index contributed by atoms with van der Waals surface area (Å²) in [6.45, 7) is 1.81. The molecule has 19 nitrogen and oxygen atoms in total. The summed E-state index contributed by atoms with van der Waals surface area (Å²) in [6, 6.07) is 34.8. The van der Waals surface area contributed by atoms with Gasteiger partial charge in [-0.1, -0.05) is 109 Å². The van der Waals surface area contributed by atoms with Gasteiger partial charge in [-0.15, -0.1) is 0 Å². The van der Waals surface area contributed by atoms with E-state index in [-0.39, 0.29) is 64.1 Å². The molecule has 3 fully saturated rings. The first-order valence-electron chi connectivity index (χ1n) is 29.2. The van der Waals surface area contributed by atoms with Gasteiger partial charge in [-0.25, -0.2) is 4.79 Å². The lowest BCUT2D eigenvalue weighted by atomic mass is 9.83. The Morgan fingerprint density at radius 2 is 1.35 bits per heavy atom. The Morgan fingerprint density at radius 3 is 2.04 bits per heavy atom. The fourth-order valence-corrected chi connectivity index (χ4v) is 11.7. The molecule has 3 aliphatic rings. The van der Waals surface area contributed by atoms with Crippen LogP contribution in [0.2, 0.25) is 0 Å². The van der Waals surface area contributed by atoms with E-state index in [1.165, 1.54) is 16.8 Å². The Hall–Kier alpha value is -8.55. The van der Waals surface area contributed by atoms with E-state index in [4.69, 9.17) is 19.9 Å². The number of nitrogens with zero attached hydrogens (tertiary/aromatic N) is 2.